The zero-order valence-electron chi connectivity index (χ0n) is 6.55. The van der Waals surface area contributed by atoms with Crippen molar-refractivity contribution in [3.63, 3.8) is 0 Å². The lowest BCUT2D eigenvalue weighted by atomic mass is 10.1. The largest absolute Gasteiger partial charge is 0.465 e. The molecule has 0 aromatic rings. The fourth-order valence-corrected chi connectivity index (χ4v) is 0.630. The maximum Gasteiger partial charge on any atom is 0.404 e. The molecule has 1 amide bonds. The van der Waals surface area contributed by atoms with Crippen LogP contribution in [0.25, 0.3) is 0 Å². The Morgan fingerprint density at radius 1 is 1.70 bits per heavy atom. The van der Waals surface area contributed by atoms with Crippen LogP contribution >= 0.6 is 0 Å². The molecule has 0 saturated carbocycles. The van der Waals surface area contributed by atoms with E-state index < -0.39 is 6.09 Å². The number of hydrogen-bond acceptors (Lipinski definition) is 1. The summed E-state index contributed by atoms with van der Waals surface area (Å²) < 4.78 is 0. The van der Waals surface area contributed by atoms with E-state index in [1.807, 2.05) is 0 Å². The first-order valence-electron chi connectivity index (χ1n) is 3.63. The van der Waals surface area contributed by atoms with Crippen LogP contribution in [0.5, 0.6) is 0 Å². The molecule has 3 nitrogen and oxygen atoms in total. The molecule has 0 aromatic carbocycles. The Balaban J connectivity index is 3.11. The Bertz CT molecular complexity index is 104. The maximum atomic E-state index is 9.96. The van der Waals surface area contributed by atoms with Gasteiger partial charge in [-0.05, 0) is 12.3 Å². The lowest BCUT2D eigenvalue weighted by Crippen LogP contribution is -2.23. The van der Waals surface area contributed by atoms with Gasteiger partial charge in [0.2, 0.25) is 0 Å². The van der Waals surface area contributed by atoms with Gasteiger partial charge < -0.3 is 10.4 Å². The third-order valence-electron chi connectivity index (χ3n) is 1.61. The van der Waals surface area contributed by atoms with Gasteiger partial charge in [0, 0.05) is 6.54 Å². The normalized spacial score (nSPS) is 12.6. The molecule has 0 aliphatic heterocycles. The van der Waals surface area contributed by atoms with Gasteiger partial charge in [0.05, 0.1) is 0 Å². The summed E-state index contributed by atoms with van der Waals surface area (Å²) in [5.74, 6) is 0.617. The zero-order valence-corrected chi connectivity index (χ0v) is 6.55. The van der Waals surface area contributed by atoms with E-state index in [0.717, 1.165) is 12.8 Å². The molecule has 0 rings (SSSR count). The van der Waals surface area contributed by atoms with Gasteiger partial charge in [0.25, 0.3) is 0 Å². The molecule has 0 bridgehead atoms. The van der Waals surface area contributed by atoms with Crippen molar-refractivity contribution < 1.29 is 9.90 Å². The number of carbonyl (C=O) groups is 1. The molecule has 0 aliphatic rings. The standard InChI is InChI=1S/C7H15NO2/c1-3-6(2)4-5-8-7(9)10/h6,8H,3-5H2,1-2H3,(H,9,10). The third kappa shape index (κ3) is 5.41. The lowest BCUT2D eigenvalue weighted by Gasteiger charge is -2.06. The fraction of sp³-hybridized carbons (Fsp3) is 0.857. The first kappa shape index (κ1) is 9.27. The molecule has 0 heterocycles. The minimum absolute atomic E-state index is 0.574. The summed E-state index contributed by atoms with van der Waals surface area (Å²) in [6.07, 6.45) is 1.12. The third-order valence-corrected chi connectivity index (χ3v) is 1.61. The average molecular weight is 145 g/mol. The van der Waals surface area contributed by atoms with Gasteiger partial charge in [-0.3, -0.25) is 0 Å². The molecule has 3 heteroatoms. The van der Waals surface area contributed by atoms with E-state index in [1.165, 1.54) is 0 Å². The van der Waals surface area contributed by atoms with Crippen molar-refractivity contribution in [2.24, 2.45) is 5.92 Å². The summed E-state index contributed by atoms with van der Waals surface area (Å²) in [6.45, 7) is 4.79. The molecule has 0 spiro atoms. The molecule has 0 saturated heterocycles. The Morgan fingerprint density at radius 2 is 2.30 bits per heavy atom. The highest BCUT2D eigenvalue weighted by Crippen LogP contribution is 2.03. The summed E-state index contributed by atoms with van der Waals surface area (Å²) in [6, 6.07) is 0. The number of amides is 1. The van der Waals surface area contributed by atoms with Gasteiger partial charge in [0.15, 0.2) is 0 Å². The number of rotatable bonds is 4. The summed E-state index contributed by atoms with van der Waals surface area (Å²) in [4.78, 5) is 9.96. The summed E-state index contributed by atoms with van der Waals surface area (Å²) >= 11 is 0. The Morgan fingerprint density at radius 3 is 2.70 bits per heavy atom. The van der Waals surface area contributed by atoms with E-state index in [0.29, 0.717) is 12.5 Å². The van der Waals surface area contributed by atoms with Crippen LogP contribution in [-0.2, 0) is 0 Å². The molecule has 0 radical (unpaired) electrons. The lowest BCUT2D eigenvalue weighted by molar-refractivity contribution is 0.193. The van der Waals surface area contributed by atoms with Gasteiger partial charge >= 0.3 is 6.09 Å². The Labute approximate surface area is 61.4 Å². The van der Waals surface area contributed by atoms with Crippen molar-refractivity contribution in [2.45, 2.75) is 26.7 Å². The van der Waals surface area contributed by atoms with E-state index in [4.69, 9.17) is 5.11 Å². The molecular formula is C7H15NO2. The van der Waals surface area contributed by atoms with Crippen molar-refractivity contribution in [2.75, 3.05) is 6.54 Å². The van der Waals surface area contributed by atoms with E-state index in [9.17, 15) is 4.79 Å². The second-order valence-electron chi connectivity index (χ2n) is 2.53. The van der Waals surface area contributed by atoms with Crippen LogP contribution in [0.1, 0.15) is 26.7 Å². The van der Waals surface area contributed by atoms with E-state index in [-0.39, 0.29) is 0 Å². The molecule has 0 aromatic heterocycles. The maximum absolute atomic E-state index is 9.96. The van der Waals surface area contributed by atoms with Gasteiger partial charge in [-0.1, -0.05) is 20.3 Å². The first-order chi connectivity index (χ1) is 4.66. The van der Waals surface area contributed by atoms with Crippen LogP contribution in [0.4, 0.5) is 4.79 Å². The van der Waals surface area contributed by atoms with Gasteiger partial charge in [0.1, 0.15) is 0 Å². The summed E-state index contributed by atoms with van der Waals surface area (Å²) in [5, 5.41) is 10.5. The quantitative estimate of drug-likeness (QED) is 0.632. The number of nitrogens with one attached hydrogen (secondary N) is 1. The molecule has 60 valence electrons. The van der Waals surface area contributed by atoms with E-state index in [1.54, 1.807) is 0 Å². The highest BCUT2D eigenvalue weighted by molar-refractivity contribution is 5.64. The molecule has 10 heavy (non-hydrogen) atoms. The van der Waals surface area contributed by atoms with Crippen molar-refractivity contribution in [3.05, 3.63) is 0 Å². The Kier molecular flexibility index (Phi) is 4.72. The zero-order chi connectivity index (χ0) is 7.98. The SMILES string of the molecule is CCC(C)CCNC(=O)O. The molecule has 2 N–H and O–H groups in total. The van der Waals surface area contributed by atoms with E-state index in [2.05, 4.69) is 19.2 Å². The molecule has 1 atom stereocenters. The highest BCUT2D eigenvalue weighted by Gasteiger charge is 1.98. The van der Waals surface area contributed by atoms with Gasteiger partial charge in [-0.2, -0.15) is 0 Å². The van der Waals surface area contributed by atoms with Crippen LogP contribution in [0.2, 0.25) is 0 Å². The smallest absolute Gasteiger partial charge is 0.404 e. The first-order valence-corrected chi connectivity index (χ1v) is 3.63. The van der Waals surface area contributed by atoms with Crippen molar-refractivity contribution >= 4 is 6.09 Å². The minimum atomic E-state index is -0.927. The second kappa shape index (κ2) is 5.09. The predicted molar refractivity (Wildman–Crippen MR) is 40.1 cm³/mol. The Hall–Kier alpha value is -0.730. The van der Waals surface area contributed by atoms with Crippen LogP contribution < -0.4 is 5.32 Å². The molecule has 0 fully saturated rings. The summed E-state index contributed by atoms with van der Waals surface area (Å²) in [7, 11) is 0. The minimum Gasteiger partial charge on any atom is -0.465 e. The molecular weight excluding hydrogens is 130 g/mol. The monoisotopic (exact) mass is 145 g/mol. The second-order valence-corrected chi connectivity index (χ2v) is 2.53. The van der Waals surface area contributed by atoms with Crippen molar-refractivity contribution in [1.82, 2.24) is 5.32 Å². The fourth-order valence-electron chi connectivity index (χ4n) is 0.630. The predicted octanol–water partition coefficient (Wildman–Crippen LogP) is 1.69. The van der Waals surface area contributed by atoms with Crippen LogP contribution in [0, 0.1) is 5.92 Å². The molecule has 1 unspecified atom stereocenters. The van der Waals surface area contributed by atoms with E-state index >= 15 is 0 Å². The topological polar surface area (TPSA) is 49.3 Å². The van der Waals surface area contributed by atoms with Crippen LogP contribution in [0.15, 0.2) is 0 Å². The van der Waals surface area contributed by atoms with Crippen LogP contribution in [-0.4, -0.2) is 17.7 Å². The number of carboxylic acid groups (broad SMARTS) is 1. The van der Waals surface area contributed by atoms with Crippen molar-refractivity contribution in [1.29, 1.82) is 0 Å². The van der Waals surface area contributed by atoms with Crippen molar-refractivity contribution in [3.8, 4) is 0 Å². The van der Waals surface area contributed by atoms with Gasteiger partial charge in [-0.15, -0.1) is 0 Å². The number of hydrogen-bond donors (Lipinski definition) is 2. The average Bonchev–Trinajstić information content (AvgIpc) is 1.87. The summed E-state index contributed by atoms with van der Waals surface area (Å²) in [5.41, 5.74) is 0. The molecule has 0 aliphatic carbocycles. The van der Waals surface area contributed by atoms with Crippen LogP contribution in [0.3, 0.4) is 0 Å². The van der Waals surface area contributed by atoms with Gasteiger partial charge in [-0.25, -0.2) is 4.79 Å². The highest BCUT2D eigenvalue weighted by atomic mass is 16.4.